The number of imidazole rings is 1. The van der Waals surface area contributed by atoms with Gasteiger partial charge in [0.25, 0.3) is 0 Å². The molecule has 1 aliphatic heterocycles. The first-order chi connectivity index (χ1) is 8.79. The van der Waals surface area contributed by atoms with E-state index >= 15 is 0 Å². The van der Waals surface area contributed by atoms with Crippen molar-refractivity contribution in [3.05, 3.63) is 11.4 Å². The van der Waals surface area contributed by atoms with Gasteiger partial charge in [-0.2, -0.15) is 0 Å². The van der Waals surface area contributed by atoms with Crippen molar-refractivity contribution in [3.63, 3.8) is 0 Å². The Bertz CT molecular complexity index is 467. The highest BCUT2D eigenvalue weighted by Gasteiger charge is 2.30. The fraction of sp³-hybridized carbons (Fsp3) is 0.692. The van der Waals surface area contributed by atoms with Gasteiger partial charge in [-0.3, -0.25) is 4.79 Å². The molecule has 1 aliphatic carbocycles. The molecule has 5 nitrogen and oxygen atoms in total. The molecular weight excluding hydrogens is 230 g/mol. The number of nitrogens with zero attached hydrogens (tertiary/aromatic N) is 2. The maximum absolute atomic E-state index is 11.8. The summed E-state index contributed by atoms with van der Waals surface area (Å²) < 4.78 is 7.28. The number of aromatic nitrogens is 2. The fourth-order valence-electron chi connectivity index (χ4n) is 2.85. The molecule has 0 radical (unpaired) electrons. The topological polar surface area (TPSA) is 56.1 Å². The summed E-state index contributed by atoms with van der Waals surface area (Å²) in [6, 6.07) is 0. The Balaban J connectivity index is 1.83. The number of anilines is 1. The second-order valence-corrected chi connectivity index (χ2v) is 4.98. The van der Waals surface area contributed by atoms with Crippen LogP contribution < -0.4 is 5.32 Å². The molecule has 1 N–H and O–H groups in total. The van der Waals surface area contributed by atoms with Gasteiger partial charge in [-0.25, -0.2) is 4.98 Å². The Morgan fingerprint density at radius 3 is 3.17 bits per heavy atom. The van der Waals surface area contributed by atoms with Crippen LogP contribution in [-0.4, -0.2) is 28.7 Å². The van der Waals surface area contributed by atoms with Crippen molar-refractivity contribution in [1.82, 2.24) is 9.55 Å². The molecule has 0 amide bonds. The standard InChI is InChI=1S/C13H19N3O2/c1-2-18-12(17)9-7-14-13-15-10-5-3-4-6-11(10)16(13)8-9/h9H,2-8H2,1H3,(H,14,15). The number of carbonyl (C=O) groups excluding carboxylic acids is 1. The zero-order valence-electron chi connectivity index (χ0n) is 10.7. The van der Waals surface area contributed by atoms with Gasteiger partial charge in [0.2, 0.25) is 5.95 Å². The Kier molecular flexibility index (Phi) is 2.97. The van der Waals surface area contributed by atoms with Crippen LogP contribution in [0.4, 0.5) is 5.95 Å². The van der Waals surface area contributed by atoms with E-state index in [9.17, 15) is 4.79 Å². The second kappa shape index (κ2) is 4.63. The van der Waals surface area contributed by atoms with E-state index in [1.54, 1.807) is 0 Å². The Labute approximate surface area is 107 Å². The summed E-state index contributed by atoms with van der Waals surface area (Å²) in [6.07, 6.45) is 4.60. The molecule has 1 aromatic rings. The first-order valence-electron chi connectivity index (χ1n) is 6.78. The lowest BCUT2D eigenvalue weighted by Gasteiger charge is -2.25. The van der Waals surface area contributed by atoms with Crippen molar-refractivity contribution in [2.24, 2.45) is 5.92 Å². The van der Waals surface area contributed by atoms with Gasteiger partial charge >= 0.3 is 5.97 Å². The molecule has 2 aliphatic rings. The van der Waals surface area contributed by atoms with Crippen molar-refractivity contribution in [3.8, 4) is 0 Å². The van der Waals surface area contributed by atoms with E-state index in [2.05, 4.69) is 14.9 Å². The van der Waals surface area contributed by atoms with Crippen molar-refractivity contribution in [1.29, 1.82) is 0 Å². The van der Waals surface area contributed by atoms with Crippen LogP contribution >= 0.6 is 0 Å². The maximum Gasteiger partial charge on any atom is 0.312 e. The Morgan fingerprint density at radius 2 is 2.33 bits per heavy atom. The minimum atomic E-state index is -0.103. The van der Waals surface area contributed by atoms with Crippen LogP contribution in [-0.2, 0) is 28.9 Å². The van der Waals surface area contributed by atoms with Gasteiger partial charge in [-0.05, 0) is 32.6 Å². The third-order valence-electron chi connectivity index (χ3n) is 3.76. The van der Waals surface area contributed by atoms with Crippen molar-refractivity contribution >= 4 is 11.9 Å². The minimum Gasteiger partial charge on any atom is -0.466 e. The molecule has 5 heteroatoms. The molecule has 0 saturated heterocycles. The number of hydrogen-bond donors (Lipinski definition) is 1. The predicted molar refractivity (Wildman–Crippen MR) is 67.5 cm³/mol. The number of carbonyl (C=O) groups is 1. The van der Waals surface area contributed by atoms with E-state index in [-0.39, 0.29) is 11.9 Å². The van der Waals surface area contributed by atoms with E-state index in [1.807, 2.05) is 6.92 Å². The molecule has 98 valence electrons. The van der Waals surface area contributed by atoms with E-state index in [4.69, 9.17) is 4.74 Å². The molecule has 18 heavy (non-hydrogen) atoms. The average molecular weight is 249 g/mol. The van der Waals surface area contributed by atoms with Crippen LogP contribution in [0, 0.1) is 5.92 Å². The highest BCUT2D eigenvalue weighted by molar-refractivity contribution is 5.73. The molecule has 0 fully saturated rings. The van der Waals surface area contributed by atoms with E-state index < -0.39 is 0 Å². The smallest absolute Gasteiger partial charge is 0.312 e. The summed E-state index contributed by atoms with van der Waals surface area (Å²) in [4.78, 5) is 16.4. The Morgan fingerprint density at radius 1 is 1.50 bits per heavy atom. The quantitative estimate of drug-likeness (QED) is 0.804. The number of hydrogen-bond acceptors (Lipinski definition) is 4. The molecule has 1 atom stereocenters. The minimum absolute atomic E-state index is 0.0855. The van der Waals surface area contributed by atoms with Crippen LogP contribution in [0.5, 0.6) is 0 Å². The summed E-state index contributed by atoms with van der Waals surface area (Å²) in [7, 11) is 0. The maximum atomic E-state index is 11.8. The third-order valence-corrected chi connectivity index (χ3v) is 3.76. The van der Waals surface area contributed by atoms with Gasteiger partial charge in [0, 0.05) is 18.8 Å². The van der Waals surface area contributed by atoms with Gasteiger partial charge in [0.1, 0.15) is 0 Å². The first-order valence-corrected chi connectivity index (χ1v) is 6.78. The molecule has 0 spiro atoms. The summed E-state index contributed by atoms with van der Waals surface area (Å²) in [6.45, 7) is 3.64. The van der Waals surface area contributed by atoms with Crippen LogP contribution in [0.2, 0.25) is 0 Å². The van der Waals surface area contributed by atoms with Gasteiger partial charge in [-0.1, -0.05) is 0 Å². The molecule has 3 rings (SSSR count). The molecule has 0 aromatic carbocycles. The van der Waals surface area contributed by atoms with Crippen LogP contribution in [0.15, 0.2) is 0 Å². The summed E-state index contributed by atoms with van der Waals surface area (Å²) in [5, 5.41) is 3.26. The number of esters is 1. The van der Waals surface area contributed by atoms with Crippen molar-refractivity contribution in [2.75, 3.05) is 18.5 Å². The lowest BCUT2D eigenvalue weighted by atomic mass is 10.0. The highest BCUT2D eigenvalue weighted by Crippen LogP contribution is 2.28. The molecule has 2 heterocycles. The fourth-order valence-corrected chi connectivity index (χ4v) is 2.85. The number of ether oxygens (including phenoxy) is 1. The van der Waals surface area contributed by atoms with Crippen molar-refractivity contribution in [2.45, 2.75) is 39.2 Å². The second-order valence-electron chi connectivity index (χ2n) is 4.98. The zero-order chi connectivity index (χ0) is 12.5. The highest BCUT2D eigenvalue weighted by atomic mass is 16.5. The predicted octanol–water partition coefficient (Wildman–Crippen LogP) is 1.37. The lowest BCUT2D eigenvalue weighted by Crippen LogP contribution is -2.35. The van der Waals surface area contributed by atoms with E-state index in [0.29, 0.717) is 19.7 Å². The largest absolute Gasteiger partial charge is 0.466 e. The van der Waals surface area contributed by atoms with Gasteiger partial charge in [0.15, 0.2) is 0 Å². The molecule has 1 unspecified atom stereocenters. The normalized spacial score (nSPS) is 21.7. The average Bonchev–Trinajstić information content (AvgIpc) is 2.76. The van der Waals surface area contributed by atoms with Gasteiger partial charge in [0.05, 0.1) is 18.2 Å². The van der Waals surface area contributed by atoms with E-state index in [1.165, 1.54) is 24.2 Å². The first kappa shape index (κ1) is 11.6. The van der Waals surface area contributed by atoms with Crippen LogP contribution in [0.25, 0.3) is 0 Å². The third kappa shape index (κ3) is 1.87. The summed E-state index contributed by atoms with van der Waals surface area (Å²) in [5.74, 6) is 0.744. The zero-order valence-corrected chi connectivity index (χ0v) is 10.7. The van der Waals surface area contributed by atoms with Gasteiger partial charge < -0.3 is 14.6 Å². The summed E-state index contributed by atoms with van der Waals surface area (Å²) >= 11 is 0. The summed E-state index contributed by atoms with van der Waals surface area (Å²) in [5.41, 5.74) is 2.53. The molecule has 1 aromatic heterocycles. The molecule has 0 saturated carbocycles. The van der Waals surface area contributed by atoms with E-state index in [0.717, 1.165) is 18.8 Å². The molecular formula is C13H19N3O2. The SMILES string of the molecule is CCOC(=O)C1CNc2nc3c(n2C1)CCCC3. The number of fused-ring (bicyclic) bond motifs is 3. The monoisotopic (exact) mass is 249 g/mol. The number of aryl methyl sites for hydroxylation is 1. The number of rotatable bonds is 2. The lowest BCUT2D eigenvalue weighted by molar-refractivity contribution is -0.148. The Hall–Kier alpha value is -1.52. The van der Waals surface area contributed by atoms with Crippen molar-refractivity contribution < 1.29 is 9.53 Å². The molecule has 0 bridgehead atoms. The number of nitrogens with one attached hydrogen (secondary N) is 1. The van der Waals surface area contributed by atoms with Gasteiger partial charge in [-0.15, -0.1) is 0 Å². The van der Waals surface area contributed by atoms with Crippen LogP contribution in [0.1, 0.15) is 31.2 Å². The van der Waals surface area contributed by atoms with Crippen LogP contribution in [0.3, 0.4) is 0 Å².